The number of ether oxygens (including phenoxy) is 3. The van der Waals surface area contributed by atoms with Crippen LogP contribution in [0.2, 0.25) is 18.6 Å². The highest BCUT2D eigenvalue weighted by Gasteiger charge is 2.66. The molecule has 3 N–H and O–H groups in total. The average Bonchev–Trinajstić information content (AvgIpc) is 3.98. The Kier molecular flexibility index (Phi) is 13.7. The predicted molar refractivity (Wildman–Crippen MR) is 255 cm³/mol. The Hall–Kier alpha value is -5.64. The van der Waals surface area contributed by atoms with Gasteiger partial charge in [0.05, 0.1) is 63.5 Å². The van der Waals surface area contributed by atoms with Crippen LogP contribution in [0.1, 0.15) is 61.4 Å². The maximum atomic E-state index is 15.4. The number of hydrogen-bond acceptors (Lipinski definition) is 10. The molecule has 1 spiro atoms. The largest absolute Gasteiger partial charge is 0.497 e. The van der Waals surface area contributed by atoms with E-state index in [1.54, 1.807) is 23.0 Å². The van der Waals surface area contributed by atoms with Crippen LogP contribution >= 0.6 is 0 Å². The monoisotopic (exact) mass is 898 g/mol. The maximum absolute atomic E-state index is 15.4. The number of rotatable bonds is 19. The standard InChI is InChI=1S/C51H62N6O7Si/c1-7-26-56-46-22-16-37(57-45-23-19-39(63-8-2)29-36(45)30-43(49(57)60)52-25-12-13-28-58)31-42(46)51(50(56)61)34(3)48(65(5,6)40-20-17-38(62-4)18-21-40)47(64-51)24-27-55-32-44(53-54-55)41(33-59)35-14-10-9-11-15-35/h7,9-11,14-23,29,31-32,34,41,43,47-48,52,58-59H,1,8,12-13,24-28,30,33H2,2-6H3/t34-,41?,43?,47+,48-,51+/m1/s1. The topological polar surface area (TPSA) is 152 Å². The van der Waals surface area contributed by atoms with Crippen LogP contribution < -0.4 is 29.8 Å². The van der Waals surface area contributed by atoms with Gasteiger partial charge in [0.1, 0.15) is 11.5 Å². The first-order chi connectivity index (χ1) is 31.5. The van der Waals surface area contributed by atoms with E-state index >= 15 is 4.79 Å². The highest BCUT2D eigenvalue weighted by atomic mass is 28.3. The first-order valence-electron chi connectivity index (χ1n) is 22.9. The third kappa shape index (κ3) is 8.54. The third-order valence-corrected chi connectivity index (χ3v) is 18.2. The molecule has 1 aromatic heterocycles. The molecule has 14 heteroatoms. The lowest BCUT2D eigenvalue weighted by molar-refractivity contribution is -0.145. The van der Waals surface area contributed by atoms with Gasteiger partial charge in [-0.15, -0.1) is 11.7 Å². The van der Waals surface area contributed by atoms with Crippen molar-refractivity contribution >= 4 is 42.1 Å². The quantitative estimate of drug-likeness (QED) is 0.0470. The second-order valence-electron chi connectivity index (χ2n) is 17.9. The van der Waals surface area contributed by atoms with Gasteiger partial charge in [-0.3, -0.25) is 19.2 Å². The number of anilines is 3. The smallest absolute Gasteiger partial charge is 0.264 e. The highest BCUT2D eigenvalue weighted by molar-refractivity contribution is 6.91. The van der Waals surface area contributed by atoms with E-state index in [9.17, 15) is 15.0 Å². The molecule has 3 aliphatic heterocycles. The molecule has 6 atom stereocenters. The van der Waals surface area contributed by atoms with Crippen molar-refractivity contribution in [3.63, 3.8) is 0 Å². The predicted octanol–water partition coefficient (Wildman–Crippen LogP) is 6.60. The lowest BCUT2D eigenvalue weighted by atomic mass is 9.82. The van der Waals surface area contributed by atoms with Gasteiger partial charge in [0, 0.05) is 43.1 Å². The van der Waals surface area contributed by atoms with Gasteiger partial charge in [-0.05, 0) is 104 Å². The van der Waals surface area contributed by atoms with E-state index in [0.29, 0.717) is 56.9 Å². The van der Waals surface area contributed by atoms with E-state index in [2.05, 4.69) is 54.4 Å². The summed E-state index contributed by atoms with van der Waals surface area (Å²) in [7, 11) is -0.823. The summed E-state index contributed by atoms with van der Waals surface area (Å²) in [5.74, 6) is 0.674. The van der Waals surface area contributed by atoms with Crippen molar-refractivity contribution in [3.8, 4) is 11.5 Å². The first kappa shape index (κ1) is 45.9. The Morgan fingerprint density at radius 1 is 1.00 bits per heavy atom. The van der Waals surface area contributed by atoms with Crippen molar-refractivity contribution in [2.24, 2.45) is 5.92 Å². The first-order valence-corrected chi connectivity index (χ1v) is 26.0. The lowest BCUT2D eigenvalue weighted by Crippen LogP contribution is -2.52. The van der Waals surface area contributed by atoms with Gasteiger partial charge in [0.15, 0.2) is 5.60 Å². The zero-order valence-electron chi connectivity index (χ0n) is 38.2. The molecule has 2 unspecified atom stereocenters. The average molecular weight is 899 g/mol. The van der Waals surface area contributed by atoms with Crippen LogP contribution in [0.5, 0.6) is 11.5 Å². The number of unbranched alkanes of at least 4 members (excludes halogenated alkanes) is 1. The van der Waals surface area contributed by atoms with Crippen LogP contribution in [0.15, 0.2) is 110 Å². The minimum atomic E-state index is -2.49. The number of fused-ring (bicyclic) bond motifs is 3. The Morgan fingerprint density at radius 3 is 2.46 bits per heavy atom. The number of nitrogens with one attached hydrogen (secondary N) is 1. The van der Waals surface area contributed by atoms with Crippen LogP contribution in [-0.4, -0.2) is 97.3 Å². The van der Waals surface area contributed by atoms with Gasteiger partial charge in [-0.2, -0.15) is 0 Å². The molecule has 13 nitrogen and oxygen atoms in total. The zero-order chi connectivity index (χ0) is 45.9. The molecule has 4 aromatic carbocycles. The summed E-state index contributed by atoms with van der Waals surface area (Å²) in [5.41, 5.74) is 4.07. The van der Waals surface area contributed by atoms with E-state index in [0.717, 1.165) is 46.0 Å². The molecule has 0 bridgehead atoms. The van der Waals surface area contributed by atoms with Gasteiger partial charge >= 0.3 is 0 Å². The van der Waals surface area contributed by atoms with Gasteiger partial charge in [-0.1, -0.05) is 79.0 Å². The van der Waals surface area contributed by atoms with E-state index in [4.69, 9.17) is 14.2 Å². The fourth-order valence-corrected chi connectivity index (χ4v) is 14.7. The SMILES string of the molecule is C=CCN1C(=O)[C@@]2(O[C@@H](CCn3cc(C(CO)c4ccccc4)nn3)[C@H]([Si](C)(C)c3ccc(OC)cc3)[C@H]2C)c2cc(N3C(=O)C(NCCCCO)Cc4cc(OCC)ccc43)ccc21. The second-order valence-corrected chi connectivity index (χ2v) is 22.6. The van der Waals surface area contributed by atoms with E-state index in [-0.39, 0.29) is 48.5 Å². The van der Waals surface area contributed by atoms with Gasteiger partial charge < -0.3 is 34.6 Å². The number of aromatic nitrogens is 3. The van der Waals surface area contributed by atoms with Crippen LogP contribution in [0.3, 0.4) is 0 Å². The van der Waals surface area contributed by atoms with Gasteiger partial charge in [0.2, 0.25) is 5.91 Å². The Bertz CT molecular complexity index is 2480. The molecular weight excluding hydrogens is 837 g/mol. The normalized spacial score (nSPS) is 22.0. The van der Waals surface area contributed by atoms with Crippen LogP contribution in [-0.2, 0) is 32.9 Å². The molecule has 0 saturated carbocycles. The Labute approximate surface area is 383 Å². The van der Waals surface area contributed by atoms with Crippen molar-refractivity contribution in [2.75, 3.05) is 49.8 Å². The summed E-state index contributed by atoms with van der Waals surface area (Å²) < 4.78 is 20.8. The molecule has 1 fully saturated rings. The molecule has 0 radical (unpaired) electrons. The summed E-state index contributed by atoms with van der Waals surface area (Å²) in [6, 6.07) is 29.3. The molecule has 5 aromatic rings. The number of aliphatic hydroxyl groups excluding tert-OH is 2. The number of hydrogen-bond donors (Lipinski definition) is 3. The molecule has 3 aliphatic rings. The number of methoxy groups -OCH3 is 1. The van der Waals surface area contributed by atoms with Crippen LogP contribution in [0.4, 0.5) is 17.1 Å². The molecule has 65 heavy (non-hydrogen) atoms. The number of carbonyl (C=O) groups is 2. The number of nitrogens with zero attached hydrogens (tertiary/aromatic N) is 5. The zero-order valence-corrected chi connectivity index (χ0v) is 39.2. The molecule has 1 saturated heterocycles. The molecule has 0 aliphatic carbocycles. The maximum Gasteiger partial charge on any atom is 0.264 e. The third-order valence-electron chi connectivity index (χ3n) is 13.9. The van der Waals surface area contributed by atoms with Crippen LogP contribution in [0.25, 0.3) is 0 Å². The minimum Gasteiger partial charge on any atom is -0.497 e. The van der Waals surface area contributed by atoms with Crippen molar-refractivity contribution in [3.05, 3.63) is 132 Å². The number of carbonyl (C=O) groups excluding carboxylic acids is 2. The lowest BCUT2D eigenvalue weighted by Gasteiger charge is -2.37. The summed E-state index contributed by atoms with van der Waals surface area (Å²) in [5, 5.41) is 33.5. The Morgan fingerprint density at radius 2 is 1.75 bits per heavy atom. The summed E-state index contributed by atoms with van der Waals surface area (Å²) in [6.07, 6.45) is 5.68. The molecule has 342 valence electrons. The van der Waals surface area contributed by atoms with Crippen molar-refractivity contribution in [1.82, 2.24) is 20.3 Å². The summed E-state index contributed by atoms with van der Waals surface area (Å²) >= 11 is 0. The van der Waals surface area contributed by atoms with E-state index in [1.165, 1.54) is 5.19 Å². The number of aliphatic hydroxyl groups is 2. The fourth-order valence-electron chi connectivity index (χ4n) is 10.6. The fraction of sp³-hybridized carbons (Fsp3) is 0.412. The number of benzene rings is 4. The summed E-state index contributed by atoms with van der Waals surface area (Å²) in [4.78, 5) is 33.6. The molecule has 2 amide bonds. The van der Waals surface area contributed by atoms with Crippen LogP contribution in [0, 0.1) is 5.92 Å². The van der Waals surface area contributed by atoms with Gasteiger partial charge in [0.25, 0.3) is 5.91 Å². The Balaban J connectivity index is 1.20. The van der Waals surface area contributed by atoms with Gasteiger partial charge in [-0.25, -0.2) is 0 Å². The van der Waals surface area contributed by atoms with E-state index < -0.39 is 19.7 Å². The minimum absolute atomic E-state index is 0.0423. The second kappa shape index (κ2) is 19.4. The van der Waals surface area contributed by atoms with E-state index in [1.807, 2.05) is 96.7 Å². The number of amides is 2. The molecule has 4 heterocycles. The molecule has 8 rings (SSSR count). The summed E-state index contributed by atoms with van der Waals surface area (Å²) in [6.45, 7) is 14.7. The highest BCUT2D eigenvalue weighted by Crippen LogP contribution is 2.60. The van der Waals surface area contributed by atoms with Crippen molar-refractivity contribution < 1.29 is 34.0 Å². The molecular formula is C51H62N6O7Si. The number of aryl methyl sites for hydroxylation is 1. The van der Waals surface area contributed by atoms with Crippen molar-refractivity contribution in [2.45, 2.75) is 88.4 Å². The van der Waals surface area contributed by atoms with Crippen molar-refractivity contribution in [1.29, 1.82) is 0 Å².